The molecule has 9 heteroatoms. The lowest BCUT2D eigenvalue weighted by atomic mass is 9.91. The highest BCUT2D eigenvalue weighted by Gasteiger charge is 2.36. The topological polar surface area (TPSA) is 112 Å². The maximum Gasteiger partial charge on any atom is 0.255 e. The van der Waals surface area contributed by atoms with Gasteiger partial charge in [0.05, 0.1) is 17.2 Å². The number of aliphatic hydroxyl groups is 1. The minimum atomic E-state index is -3.95. The standard InChI is InChI=1S/C16H15N5O3S/c1-16(2,3)13-11(17-4)14(19-18-13)20-21-15-12(22)9-7-5-6-8-10(9)25(15,23)24/h5-8,22H,1-3H3,(H,18,19)/b21-20-. The Bertz CT molecular complexity index is 1070. The molecule has 2 aromatic rings. The Labute approximate surface area is 144 Å². The van der Waals surface area contributed by atoms with Crippen LogP contribution in [0.2, 0.25) is 0 Å². The molecule has 2 heterocycles. The van der Waals surface area contributed by atoms with Crippen molar-refractivity contribution in [2.24, 2.45) is 10.2 Å². The number of aromatic amines is 1. The molecule has 1 aromatic heterocycles. The van der Waals surface area contributed by atoms with Gasteiger partial charge >= 0.3 is 0 Å². The van der Waals surface area contributed by atoms with Crippen LogP contribution in [-0.4, -0.2) is 23.7 Å². The lowest BCUT2D eigenvalue weighted by Gasteiger charge is -2.15. The maximum absolute atomic E-state index is 12.5. The highest BCUT2D eigenvalue weighted by atomic mass is 32.2. The Hall–Kier alpha value is -2.99. The van der Waals surface area contributed by atoms with Gasteiger partial charge in [-0.15, -0.1) is 10.2 Å². The summed E-state index contributed by atoms with van der Waals surface area (Å²) in [4.78, 5) is 3.39. The first kappa shape index (κ1) is 16.9. The third kappa shape index (κ3) is 2.60. The summed E-state index contributed by atoms with van der Waals surface area (Å²) < 4.78 is 25.0. The quantitative estimate of drug-likeness (QED) is 0.624. The van der Waals surface area contributed by atoms with Gasteiger partial charge in [-0.3, -0.25) is 5.10 Å². The summed E-state index contributed by atoms with van der Waals surface area (Å²) in [6, 6.07) is 6.06. The van der Waals surface area contributed by atoms with E-state index in [0.717, 1.165) is 0 Å². The first-order valence-electron chi connectivity index (χ1n) is 7.33. The number of aromatic nitrogens is 2. The highest BCUT2D eigenvalue weighted by molar-refractivity contribution is 7.95. The summed E-state index contributed by atoms with van der Waals surface area (Å²) in [5, 5.41) is 23.8. The number of benzene rings is 1. The van der Waals surface area contributed by atoms with Crippen LogP contribution in [0.4, 0.5) is 11.5 Å². The normalized spacial score (nSPS) is 16.2. The molecule has 0 aliphatic carbocycles. The van der Waals surface area contributed by atoms with Crippen molar-refractivity contribution in [2.45, 2.75) is 31.1 Å². The first-order chi connectivity index (χ1) is 11.7. The van der Waals surface area contributed by atoms with Gasteiger partial charge in [-0.1, -0.05) is 32.9 Å². The molecular weight excluding hydrogens is 342 g/mol. The number of azo groups is 1. The van der Waals surface area contributed by atoms with Crippen molar-refractivity contribution >= 4 is 27.1 Å². The maximum atomic E-state index is 12.5. The van der Waals surface area contributed by atoms with Gasteiger partial charge in [-0.2, -0.15) is 5.10 Å². The average molecular weight is 357 g/mol. The number of hydrogen-bond acceptors (Lipinski definition) is 6. The van der Waals surface area contributed by atoms with Gasteiger partial charge in [0.1, 0.15) is 0 Å². The monoisotopic (exact) mass is 357 g/mol. The molecule has 25 heavy (non-hydrogen) atoms. The molecule has 8 nitrogen and oxygen atoms in total. The number of hydrogen-bond donors (Lipinski definition) is 2. The van der Waals surface area contributed by atoms with E-state index >= 15 is 0 Å². The molecule has 0 bridgehead atoms. The van der Waals surface area contributed by atoms with Crippen molar-refractivity contribution in [3.8, 4) is 0 Å². The summed E-state index contributed by atoms with van der Waals surface area (Å²) in [7, 11) is -3.95. The van der Waals surface area contributed by atoms with Crippen molar-refractivity contribution in [1.82, 2.24) is 10.2 Å². The Morgan fingerprint density at radius 3 is 2.52 bits per heavy atom. The molecule has 0 unspecified atom stereocenters. The number of aliphatic hydroxyl groups excluding tert-OH is 1. The molecule has 0 saturated carbocycles. The minimum Gasteiger partial charge on any atom is -0.504 e. The molecule has 1 aromatic carbocycles. The fourth-order valence-corrected chi connectivity index (χ4v) is 3.90. The van der Waals surface area contributed by atoms with E-state index in [1.54, 1.807) is 12.1 Å². The Morgan fingerprint density at radius 1 is 1.24 bits per heavy atom. The van der Waals surface area contributed by atoms with Crippen LogP contribution < -0.4 is 0 Å². The zero-order valence-corrected chi connectivity index (χ0v) is 14.6. The molecule has 1 aliphatic heterocycles. The van der Waals surface area contributed by atoms with Crippen LogP contribution in [0, 0.1) is 6.57 Å². The fourth-order valence-electron chi connectivity index (χ4n) is 2.47. The van der Waals surface area contributed by atoms with E-state index < -0.39 is 20.6 Å². The predicted octanol–water partition coefficient (Wildman–Crippen LogP) is 4.01. The molecule has 0 fully saturated rings. The van der Waals surface area contributed by atoms with E-state index in [1.165, 1.54) is 12.1 Å². The van der Waals surface area contributed by atoms with Crippen molar-refractivity contribution in [3.05, 3.63) is 52.0 Å². The first-order valence-corrected chi connectivity index (χ1v) is 8.82. The van der Waals surface area contributed by atoms with Gasteiger partial charge in [0.25, 0.3) is 5.69 Å². The second-order valence-corrected chi connectivity index (χ2v) is 8.32. The van der Waals surface area contributed by atoms with Gasteiger partial charge < -0.3 is 5.11 Å². The second-order valence-electron chi connectivity index (χ2n) is 6.48. The van der Waals surface area contributed by atoms with E-state index in [2.05, 4.69) is 25.3 Å². The Kier molecular flexibility index (Phi) is 3.73. The van der Waals surface area contributed by atoms with Gasteiger partial charge in [0.15, 0.2) is 11.6 Å². The molecule has 0 spiro atoms. The molecule has 128 valence electrons. The summed E-state index contributed by atoms with van der Waals surface area (Å²) >= 11 is 0. The van der Waals surface area contributed by atoms with E-state index in [9.17, 15) is 13.5 Å². The molecule has 2 N–H and O–H groups in total. The zero-order chi connectivity index (χ0) is 18.4. The van der Waals surface area contributed by atoms with E-state index in [1.807, 2.05) is 20.8 Å². The minimum absolute atomic E-state index is 0.0214. The van der Waals surface area contributed by atoms with Crippen LogP contribution in [0.3, 0.4) is 0 Å². The summed E-state index contributed by atoms with van der Waals surface area (Å²) in [5.74, 6) is -0.411. The van der Waals surface area contributed by atoms with E-state index in [0.29, 0.717) is 5.69 Å². The number of H-pyrrole nitrogens is 1. The number of fused-ring (bicyclic) bond motifs is 1. The summed E-state index contributed by atoms with van der Waals surface area (Å²) in [6.07, 6.45) is 0. The fraction of sp³-hybridized carbons (Fsp3) is 0.250. The third-order valence-corrected chi connectivity index (χ3v) is 5.39. The SMILES string of the molecule is [C-]#[N+]c1c(C(C)(C)C)n[nH]c1/N=N\C1=C(O)c2ccccc2S1(=O)=O. The smallest absolute Gasteiger partial charge is 0.255 e. The van der Waals surface area contributed by atoms with Crippen molar-refractivity contribution < 1.29 is 13.5 Å². The van der Waals surface area contributed by atoms with Crippen LogP contribution >= 0.6 is 0 Å². The van der Waals surface area contributed by atoms with Gasteiger partial charge in [-0.05, 0) is 17.5 Å². The molecule has 0 atom stereocenters. The molecule has 0 saturated heterocycles. The summed E-state index contributed by atoms with van der Waals surface area (Å²) in [6.45, 7) is 13.0. The van der Waals surface area contributed by atoms with Crippen LogP contribution in [0.1, 0.15) is 32.0 Å². The molecule has 3 rings (SSSR count). The van der Waals surface area contributed by atoms with Crippen molar-refractivity contribution in [2.75, 3.05) is 0 Å². The molecule has 0 amide bonds. The number of nitrogens with zero attached hydrogens (tertiary/aromatic N) is 4. The van der Waals surface area contributed by atoms with Crippen LogP contribution in [0.5, 0.6) is 0 Å². The van der Waals surface area contributed by atoms with Crippen LogP contribution in [0.15, 0.2) is 44.4 Å². The number of rotatable bonds is 2. The van der Waals surface area contributed by atoms with Crippen molar-refractivity contribution in [1.29, 1.82) is 0 Å². The average Bonchev–Trinajstić information content (AvgIpc) is 3.04. The van der Waals surface area contributed by atoms with Crippen LogP contribution in [-0.2, 0) is 15.3 Å². The highest BCUT2D eigenvalue weighted by Crippen LogP contribution is 2.40. The third-order valence-electron chi connectivity index (χ3n) is 3.67. The summed E-state index contributed by atoms with van der Waals surface area (Å²) in [5.41, 5.74) is 0.472. The van der Waals surface area contributed by atoms with E-state index in [4.69, 9.17) is 6.57 Å². The van der Waals surface area contributed by atoms with E-state index in [-0.39, 0.29) is 27.4 Å². The van der Waals surface area contributed by atoms with Gasteiger partial charge in [-0.25, -0.2) is 13.3 Å². The van der Waals surface area contributed by atoms with Gasteiger partial charge in [0.2, 0.25) is 14.9 Å². The predicted molar refractivity (Wildman–Crippen MR) is 91.2 cm³/mol. The Morgan fingerprint density at radius 2 is 1.92 bits per heavy atom. The molecular formula is C16H15N5O3S. The Balaban J connectivity index is 2.07. The zero-order valence-electron chi connectivity index (χ0n) is 13.8. The van der Waals surface area contributed by atoms with Crippen molar-refractivity contribution in [3.63, 3.8) is 0 Å². The second kappa shape index (κ2) is 5.53. The molecule has 0 radical (unpaired) electrons. The largest absolute Gasteiger partial charge is 0.504 e. The lowest BCUT2D eigenvalue weighted by Crippen LogP contribution is -2.11. The molecule has 1 aliphatic rings. The number of sulfone groups is 1. The number of nitrogens with one attached hydrogen (secondary N) is 1. The lowest BCUT2D eigenvalue weighted by molar-refractivity contribution is 0.508. The van der Waals surface area contributed by atoms with Gasteiger partial charge in [0, 0.05) is 5.56 Å². The van der Waals surface area contributed by atoms with Crippen LogP contribution in [0.25, 0.3) is 10.6 Å².